The van der Waals surface area contributed by atoms with E-state index in [0.717, 1.165) is 50.5 Å². The molecule has 2 fully saturated rings. The molecule has 1 unspecified atom stereocenters. The Morgan fingerprint density at radius 3 is 3.00 bits per heavy atom. The van der Waals surface area contributed by atoms with Gasteiger partial charge in [-0.25, -0.2) is 0 Å². The Kier molecular flexibility index (Phi) is 4.10. The zero-order valence-electron chi connectivity index (χ0n) is 11.9. The maximum Gasteiger partial charge on any atom is 0.263 e. The van der Waals surface area contributed by atoms with Crippen molar-refractivity contribution in [2.45, 2.75) is 12.8 Å². The number of ether oxygens (including phenoxy) is 1. The molecule has 2 saturated heterocycles. The summed E-state index contributed by atoms with van der Waals surface area (Å²) in [5.74, 6) is 0.662. The highest BCUT2D eigenvalue weighted by Crippen LogP contribution is 2.43. The van der Waals surface area contributed by atoms with Gasteiger partial charge in [-0.15, -0.1) is 11.3 Å². The Labute approximate surface area is 124 Å². The van der Waals surface area contributed by atoms with Crippen LogP contribution in [0.1, 0.15) is 22.5 Å². The van der Waals surface area contributed by atoms with Crippen LogP contribution in [-0.2, 0) is 4.74 Å². The second kappa shape index (κ2) is 5.84. The number of carbonyl (C=O) groups is 1. The van der Waals surface area contributed by atoms with Crippen LogP contribution in [0, 0.1) is 11.3 Å². The molecular formula is C15H22N2O2S. The second-order valence-corrected chi connectivity index (χ2v) is 6.88. The highest BCUT2D eigenvalue weighted by atomic mass is 32.1. The summed E-state index contributed by atoms with van der Waals surface area (Å²) < 4.78 is 5.42. The van der Waals surface area contributed by atoms with Crippen molar-refractivity contribution in [2.75, 3.05) is 39.9 Å². The van der Waals surface area contributed by atoms with Crippen LogP contribution in [0.3, 0.4) is 0 Å². The summed E-state index contributed by atoms with van der Waals surface area (Å²) >= 11 is 1.53. The molecule has 0 saturated carbocycles. The molecule has 1 spiro atoms. The first-order chi connectivity index (χ1) is 9.75. The van der Waals surface area contributed by atoms with Gasteiger partial charge in [0, 0.05) is 26.1 Å². The molecule has 110 valence electrons. The topological polar surface area (TPSA) is 41.6 Å². The lowest BCUT2D eigenvalue weighted by Crippen LogP contribution is -2.43. The van der Waals surface area contributed by atoms with E-state index in [0.29, 0.717) is 5.92 Å². The van der Waals surface area contributed by atoms with Crippen LogP contribution in [0.25, 0.3) is 0 Å². The summed E-state index contributed by atoms with van der Waals surface area (Å²) in [6.07, 6.45) is 2.30. The number of piperidine rings is 1. The van der Waals surface area contributed by atoms with Crippen LogP contribution in [-0.4, -0.2) is 50.7 Å². The minimum absolute atomic E-state index is 0.191. The highest BCUT2D eigenvalue weighted by molar-refractivity contribution is 7.12. The maximum atomic E-state index is 12.6. The van der Waals surface area contributed by atoms with Crippen molar-refractivity contribution in [1.82, 2.24) is 10.2 Å². The molecular weight excluding hydrogens is 272 g/mol. The number of methoxy groups -OCH3 is 1. The first kappa shape index (κ1) is 14.0. The van der Waals surface area contributed by atoms with E-state index in [2.05, 4.69) is 5.32 Å². The Morgan fingerprint density at radius 1 is 1.55 bits per heavy atom. The van der Waals surface area contributed by atoms with Crippen LogP contribution < -0.4 is 5.32 Å². The van der Waals surface area contributed by atoms with Crippen molar-refractivity contribution in [2.24, 2.45) is 11.3 Å². The van der Waals surface area contributed by atoms with Crippen molar-refractivity contribution in [3.05, 3.63) is 22.4 Å². The standard InChI is InChI=1S/C15H22N2O2S/c1-19-10-12-9-17(14(18)13-3-2-8-20-13)11-15(12)4-6-16-7-5-15/h2-3,8,12,16H,4-7,9-11H2,1H3. The van der Waals surface area contributed by atoms with Crippen LogP contribution >= 0.6 is 11.3 Å². The molecule has 0 bridgehead atoms. The number of hydrogen-bond acceptors (Lipinski definition) is 4. The fourth-order valence-corrected chi connectivity index (χ4v) is 4.36. The van der Waals surface area contributed by atoms with E-state index >= 15 is 0 Å². The Morgan fingerprint density at radius 2 is 2.35 bits per heavy atom. The van der Waals surface area contributed by atoms with Crippen molar-refractivity contribution < 1.29 is 9.53 Å². The molecule has 20 heavy (non-hydrogen) atoms. The van der Waals surface area contributed by atoms with Gasteiger partial charge in [-0.1, -0.05) is 6.07 Å². The zero-order chi connectivity index (χ0) is 14.0. The first-order valence-electron chi connectivity index (χ1n) is 7.28. The van der Waals surface area contributed by atoms with E-state index in [1.807, 2.05) is 22.4 Å². The molecule has 1 atom stereocenters. The SMILES string of the molecule is COCC1CN(C(=O)c2cccs2)CC12CCNCC2. The van der Waals surface area contributed by atoms with Gasteiger partial charge in [0.25, 0.3) is 5.91 Å². The van der Waals surface area contributed by atoms with Gasteiger partial charge in [0.1, 0.15) is 0 Å². The number of rotatable bonds is 3. The maximum absolute atomic E-state index is 12.6. The van der Waals surface area contributed by atoms with Crippen molar-refractivity contribution >= 4 is 17.2 Å². The minimum atomic E-state index is 0.191. The van der Waals surface area contributed by atoms with Gasteiger partial charge >= 0.3 is 0 Å². The molecule has 1 amide bonds. The van der Waals surface area contributed by atoms with E-state index in [-0.39, 0.29) is 11.3 Å². The summed E-state index contributed by atoms with van der Waals surface area (Å²) in [4.78, 5) is 15.5. The number of thiophene rings is 1. The second-order valence-electron chi connectivity index (χ2n) is 5.93. The normalized spacial score (nSPS) is 25.2. The van der Waals surface area contributed by atoms with Crippen LogP contribution in [0.2, 0.25) is 0 Å². The third kappa shape index (κ3) is 2.50. The van der Waals surface area contributed by atoms with Gasteiger partial charge in [0.2, 0.25) is 0 Å². The Balaban J connectivity index is 1.77. The summed E-state index contributed by atoms with van der Waals surface area (Å²) in [7, 11) is 1.76. The first-order valence-corrected chi connectivity index (χ1v) is 8.15. The summed E-state index contributed by atoms with van der Waals surface area (Å²) in [6, 6.07) is 3.87. The number of amides is 1. The van der Waals surface area contributed by atoms with Gasteiger partial charge in [-0.3, -0.25) is 4.79 Å². The van der Waals surface area contributed by atoms with Gasteiger partial charge in [0.15, 0.2) is 0 Å². The van der Waals surface area contributed by atoms with Crippen molar-refractivity contribution in [3.63, 3.8) is 0 Å². The fourth-order valence-electron chi connectivity index (χ4n) is 3.67. The predicted molar refractivity (Wildman–Crippen MR) is 80.1 cm³/mol. The molecule has 0 radical (unpaired) electrons. The number of carbonyl (C=O) groups excluding carboxylic acids is 1. The molecule has 3 rings (SSSR count). The third-order valence-corrected chi connectivity index (χ3v) is 5.66. The zero-order valence-corrected chi connectivity index (χ0v) is 12.7. The van der Waals surface area contributed by atoms with Crippen LogP contribution in [0.5, 0.6) is 0 Å². The summed E-state index contributed by atoms with van der Waals surface area (Å²) in [6.45, 7) is 4.60. The molecule has 1 aromatic heterocycles. The van der Waals surface area contributed by atoms with Gasteiger partial charge in [-0.05, 0) is 42.8 Å². The van der Waals surface area contributed by atoms with Gasteiger partial charge in [-0.2, -0.15) is 0 Å². The number of nitrogens with zero attached hydrogens (tertiary/aromatic N) is 1. The molecule has 4 nitrogen and oxygen atoms in total. The van der Waals surface area contributed by atoms with E-state index < -0.39 is 0 Å². The van der Waals surface area contributed by atoms with E-state index in [1.54, 1.807) is 7.11 Å². The molecule has 1 aromatic rings. The average molecular weight is 294 g/mol. The lowest BCUT2D eigenvalue weighted by molar-refractivity contribution is 0.0702. The lowest BCUT2D eigenvalue weighted by Gasteiger charge is -2.38. The number of hydrogen-bond donors (Lipinski definition) is 1. The molecule has 0 aromatic carbocycles. The molecule has 5 heteroatoms. The van der Waals surface area contributed by atoms with Crippen molar-refractivity contribution in [1.29, 1.82) is 0 Å². The molecule has 1 N–H and O–H groups in total. The van der Waals surface area contributed by atoms with E-state index in [9.17, 15) is 4.79 Å². The van der Waals surface area contributed by atoms with Crippen LogP contribution in [0.15, 0.2) is 17.5 Å². The predicted octanol–water partition coefficient (Wildman–Crippen LogP) is 1.84. The number of nitrogens with one attached hydrogen (secondary N) is 1. The molecule has 3 heterocycles. The lowest BCUT2D eigenvalue weighted by atomic mass is 9.71. The average Bonchev–Trinajstić information content (AvgIpc) is 3.09. The highest BCUT2D eigenvalue weighted by Gasteiger charge is 2.48. The third-order valence-electron chi connectivity index (χ3n) is 4.80. The molecule has 2 aliphatic heterocycles. The van der Waals surface area contributed by atoms with E-state index in [1.165, 1.54) is 11.3 Å². The summed E-state index contributed by atoms with van der Waals surface area (Å²) in [5.41, 5.74) is 0.258. The smallest absolute Gasteiger partial charge is 0.263 e. The van der Waals surface area contributed by atoms with Crippen molar-refractivity contribution in [3.8, 4) is 0 Å². The fraction of sp³-hybridized carbons (Fsp3) is 0.667. The van der Waals surface area contributed by atoms with Crippen LogP contribution in [0.4, 0.5) is 0 Å². The largest absolute Gasteiger partial charge is 0.384 e. The minimum Gasteiger partial charge on any atom is -0.384 e. The number of likely N-dealkylation sites (tertiary alicyclic amines) is 1. The van der Waals surface area contributed by atoms with Gasteiger partial charge in [0.05, 0.1) is 11.5 Å². The Hall–Kier alpha value is -0.910. The monoisotopic (exact) mass is 294 g/mol. The quantitative estimate of drug-likeness (QED) is 0.925. The van der Waals surface area contributed by atoms with E-state index in [4.69, 9.17) is 4.74 Å². The summed E-state index contributed by atoms with van der Waals surface area (Å²) in [5, 5.41) is 5.40. The molecule has 0 aliphatic carbocycles. The van der Waals surface area contributed by atoms with Gasteiger partial charge < -0.3 is 15.0 Å². The molecule has 2 aliphatic rings. The Bertz CT molecular complexity index is 454.